The van der Waals surface area contributed by atoms with Crippen molar-refractivity contribution in [3.8, 4) is 97.9 Å². The fourth-order valence-electron chi connectivity index (χ4n) is 10.0. The minimum absolute atomic E-state index is 0.400. The Morgan fingerprint density at radius 2 is 0.764 bits per heavy atom. The Kier molecular flexibility index (Phi) is 10.2. The van der Waals surface area contributed by atoms with Gasteiger partial charge < -0.3 is 9.13 Å². The monoisotopic (exact) mass is 915 g/mol. The maximum Gasteiger partial charge on any atom is 0.160 e. The van der Waals surface area contributed by atoms with E-state index in [1.165, 1.54) is 0 Å². The average Bonchev–Trinajstić information content (AvgIpc) is 3.96. The molecular formula is C63H33N9. The zero-order chi connectivity index (χ0) is 48.9. The van der Waals surface area contributed by atoms with Gasteiger partial charge in [-0.05, 0) is 101 Å². The SMILES string of the molecule is N#Cc1ccc(-c2ccc3c(c2)c2ccccc2n3-c2cc(-c3cc(-c4ccccc4)nc(-c4ccccc4)n3)cc(-n3c4ccccc4c4cc(-c5ccc(C#N)cc5C#N)ccc43)c2C#N)c(C#N)c1. The lowest BCUT2D eigenvalue weighted by Crippen LogP contribution is -2.06. The highest BCUT2D eigenvalue weighted by Gasteiger charge is 2.24. The third-order valence-corrected chi connectivity index (χ3v) is 13.3. The van der Waals surface area contributed by atoms with E-state index in [2.05, 4.69) is 75.9 Å². The number of rotatable bonds is 7. The van der Waals surface area contributed by atoms with Gasteiger partial charge in [-0.1, -0.05) is 121 Å². The lowest BCUT2D eigenvalue weighted by Gasteiger charge is -2.19. The molecule has 0 aliphatic rings. The van der Waals surface area contributed by atoms with E-state index < -0.39 is 0 Å². The van der Waals surface area contributed by atoms with E-state index in [1.807, 2.05) is 140 Å². The standard InChI is InChI=1S/C63H33N9/c64-34-39-19-23-48(46(27-39)36-66)43-21-25-59-52(29-43)50-15-7-9-17-57(50)71(59)61-31-45(56-33-55(41-11-3-1-4-12-41)69-63(70-56)42-13-5-2-6-14-42)32-62(54(61)38-68)72-58-18-10-8-16-51(58)53-30-44(22-26-60(53)72)49-24-20-40(35-65)28-47(49)37-67/h1-33H. The molecule has 0 unspecified atom stereocenters. The van der Waals surface area contributed by atoms with Gasteiger partial charge in [-0.2, -0.15) is 26.3 Å². The van der Waals surface area contributed by atoms with Crippen molar-refractivity contribution < 1.29 is 0 Å². The number of nitrogens with zero attached hydrogens (tertiary/aromatic N) is 9. The summed E-state index contributed by atoms with van der Waals surface area (Å²) < 4.78 is 4.28. The molecule has 9 aromatic carbocycles. The number of aromatic nitrogens is 4. The molecule has 3 heterocycles. The van der Waals surface area contributed by atoms with E-state index in [0.717, 1.165) is 77.1 Å². The Hall–Kier alpha value is -10.9. The van der Waals surface area contributed by atoms with Crippen LogP contribution in [0, 0.1) is 56.7 Å². The van der Waals surface area contributed by atoms with Gasteiger partial charge in [0, 0.05) is 38.2 Å². The van der Waals surface area contributed by atoms with Crippen molar-refractivity contribution in [2.24, 2.45) is 0 Å². The summed E-state index contributed by atoms with van der Waals surface area (Å²) in [5, 5.41) is 55.0. The lowest BCUT2D eigenvalue weighted by atomic mass is 9.97. The molecule has 0 aliphatic heterocycles. The topological polar surface area (TPSA) is 155 Å². The van der Waals surface area contributed by atoms with Crippen LogP contribution in [0.1, 0.15) is 27.8 Å². The van der Waals surface area contributed by atoms with Gasteiger partial charge in [0.2, 0.25) is 0 Å². The van der Waals surface area contributed by atoms with Crippen LogP contribution in [-0.4, -0.2) is 19.1 Å². The van der Waals surface area contributed by atoms with Gasteiger partial charge in [0.05, 0.1) is 91.4 Å². The highest BCUT2D eigenvalue weighted by atomic mass is 15.0. The van der Waals surface area contributed by atoms with Crippen LogP contribution >= 0.6 is 0 Å². The molecule has 9 nitrogen and oxygen atoms in total. The Morgan fingerprint density at radius 3 is 1.24 bits per heavy atom. The number of hydrogen-bond donors (Lipinski definition) is 0. The zero-order valence-electron chi connectivity index (χ0n) is 38.1. The van der Waals surface area contributed by atoms with Crippen molar-refractivity contribution in [1.82, 2.24) is 19.1 Å². The molecule has 0 radical (unpaired) electrons. The molecule has 0 fully saturated rings. The van der Waals surface area contributed by atoms with E-state index in [4.69, 9.17) is 9.97 Å². The number of hydrogen-bond acceptors (Lipinski definition) is 7. The second kappa shape index (κ2) is 17.3. The Labute approximate surface area is 413 Å². The van der Waals surface area contributed by atoms with Gasteiger partial charge in [0.25, 0.3) is 0 Å². The van der Waals surface area contributed by atoms with Gasteiger partial charge in [-0.3, -0.25) is 0 Å². The Balaban J connectivity index is 1.17. The van der Waals surface area contributed by atoms with Crippen LogP contribution in [0.2, 0.25) is 0 Å². The predicted molar refractivity (Wildman–Crippen MR) is 281 cm³/mol. The highest BCUT2D eigenvalue weighted by molar-refractivity contribution is 6.12. The molecule has 12 aromatic rings. The number of para-hydroxylation sites is 2. The normalized spacial score (nSPS) is 11.0. The third kappa shape index (κ3) is 6.98. The summed E-state index contributed by atoms with van der Waals surface area (Å²) >= 11 is 0. The summed E-state index contributed by atoms with van der Waals surface area (Å²) in [5.41, 5.74) is 13.6. The molecular weight excluding hydrogens is 883 g/mol. The summed E-state index contributed by atoms with van der Waals surface area (Å²) in [6, 6.07) is 76.2. The summed E-state index contributed by atoms with van der Waals surface area (Å²) in [7, 11) is 0. The number of benzene rings is 9. The largest absolute Gasteiger partial charge is 0.308 e. The van der Waals surface area contributed by atoms with E-state index in [-0.39, 0.29) is 0 Å². The molecule has 0 saturated heterocycles. The molecule has 0 spiro atoms. The van der Waals surface area contributed by atoms with Crippen molar-refractivity contribution in [3.63, 3.8) is 0 Å². The first-order chi connectivity index (χ1) is 35.5. The number of fused-ring (bicyclic) bond motifs is 6. The summed E-state index contributed by atoms with van der Waals surface area (Å²) in [4.78, 5) is 10.4. The Morgan fingerprint density at radius 1 is 0.319 bits per heavy atom. The average molecular weight is 916 g/mol. The molecule has 0 atom stereocenters. The quantitative estimate of drug-likeness (QED) is 0.154. The number of nitriles is 5. The molecule has 0 N–H and O–H groups in total. The maximum atomic E-state index is 11.7. The van der Waals surface area contributed by atoms with Crippen LogP contribution in [0.15, 0.2) is 200 Å². The van der Waals surface area contributed by atoms with E-state index >= 15 is 0 Å². The fraction of sp³-hybridized carbons (Fsp3) is 0. The van der Waals surface area contributed by atoms with Crippen LogP contribution in [0.5, 0.6) is 0 Å². The van der Waals surface area contributed by atoms with Gasteiger partial charge in [-0.15, -0.1) is 0 Å². The van der Waals surface area contributed by atoms with Crippen LogP contribution in [0.3, 0.4) is 0 Å². The second-order valence-corrected chi connectivity index (χ2v) is 17.3. The molecule has 3 aromatic heterocycles. The van der Waals surface area contributed by atoms with Crippen LogP contribution in [0.25, 0.3) is 111 Å². The summed E-state index contributed by atoms with van der Waals surface area (Å²) in [5.74, 6) is 0.548. The van der Waals surface area contributed by atoms with Crippen LogP contribution in [0.4, 0.5) is 0 Å². The highest BCUT2D eigenvalue weighted by Crippen LogP contribution is 2.43. The first-order valence-corrected chi connectivity index (χ1v) is 23.0. The van der Waals surface area contributed by atoms with Crippen molar-refractivity contribution in [3.05, 3.63) is 228 Å². The molecule has 12 rings (SSSR count). The smallest absolute Gasteiger partial charge is 0.160 e. The van der Waals surface area contributed by atoms with Crippen LogP contribution in [-0.2, 0) is 0 Å². The van der Waals surface area contributed by atoms with Gasteiger partial charge in [0.15, 0.2) is 5.82 Å². The van der Waals surface area contributed by atoms with Crippen molar-refractivity contribution in [2.45, 2.75) is 0 Å². The Bertz CT molecular complexity index is 4180. The molecule has 0 saturated carbocycles. The van der Waals surface area contributed by atoms with Crippen molar-refractivity contribution in [1.29, 1.82) is 26.3 Å². The van der Waals surface area contributed by atoms with Gasteiger partial charge >= 0.3 is 0 Å². The van der Waals surface area contributed by atoms with Gasteiger partial charge in [-0.25, -0.2) is 9.97 Å². The molecule has 72 heavy (non-hydrogen) atoms. The minimum atomic E-state index is 0.400. The molecule has 0 bridgehead atoms. The second-order valence-electron chi connectivity index (χ2n) is 17.3. The molecule has 0 aliphatic carbocycles. The predicted octanol–water partition coefficient (Wildman–Crippen LogP) is 14.4. The first-order valence-electron chi connectivity index (χ1n) is 23.0. The summed E-state index contributed by atoms with van der Waals surface area (Å²) in [6.45, 7) is 0. The molecule has 330 valence electrons. The molecule has 9 heteroatoms. The van der Waals surface area contributed by atoms with Crippen molar-refractivity contribution >= 4 is 43.6 Å². The third-order valence-electron chi connectivity index (χ3n) is 13.3. The fourth-order valence-corrected chi connectivity index (χ4v) is 10.0. The first kappa shape index (κ1) is 42.5. The van der Waals surface area contributed by atoms with Gasteiger partial charge in [0.1, 0.15) is 11.6 Å². The van der Waals surface area contributed by atoms with E-state index in [9.17, 15) is 26.3 Å². The van der Waals surface area contributed by atoms with Crippen LogP contribution < -0.4 is 0 Å². The maximum absolute atomic E-state index is 11.7. The van der Waals surface area contributed by atoms with E-state index in [1.54, 1.807) is 24.3 Å². The minimum Gasteiger partial charge on any atom is -0.308 e. The molecule has 0 amide bonds. The zero-order valence-corrected chi connectivity index (χ0v) is 38.1. The summed E-state index contributed by atoms with van der Waals surface area (Å²) in [6.07, 6.45) is 0. The van der Waals surface area contributed by atoms with E-state index in [0.29, 0.717) is 61.8 Å². The van der Waals surface area contributed by atoms with Crippen molar-refractivity contribution in [2.75, 3.05) is 0 Å². The lowest BCUT2D eigenvalue weighted by molar-refractivity contribution is 1.11.